The van der Waals surface area contributed by atoms with Gasteiger partial charge in [0.1, 0.15) is 16.5 Å². The molecule has 0 aromatic carbocycles. The van der Waals surface area contributed by atoms with Gasteiger partial charge in [-0.15, -0.1) is 0 Å². The van der Waals surface area contributed by atoms with E-state index in [1.54, 1.807) is 23.6 Å². The molecule has 0 unspecified atom stereocenters. The van der Waals surface area contributed by atoms with Crippen LogP contribution in [0.5, 0.6) is 5.75 Å². The minimum absolute atomic E-state index is 0.128. The first-order valence-electron chi connectivity index (χ1n) is 8.68. The van der Waals surface area contributed by atoms with E-state index in [1.165, 1.54) is 37.0 Å². The SMILES string of the molecule is CN(c1nc2sc(-c3ncc(Br)cc3O)nc2s1)[C@@H]1C[C@H]2CC[C@@H](C1)N2. The van der Waals surface area contributed by atoms with Gasteiger partial charge in [-0.1, -0.05) is 22.7 Å². The molecule has 0 spiro atoms. The van der Waals surface area contributed by atoms with Crippen molar-refractivity contribution in [3.05, 3.63) is 16.7 Å². The molecule has 2 aliphatic rings. The zero-order valence-electron chi connectivity index (χ0n) is 14.1. The van der Waals surface area contributed by atoms with Crippen LogP contribution in [0.15, 0.2) is 16.7 Å². The van der Waals surface area contributed by atoms with Crippen molar-refractivity contribution < 1.29 is 5.11 Å². The third-order valence-electron chi connectivity index (χ3n) is 5.30. The molecule has 6 nitrogen and oxygen atoms in total. The van der Waals surface area contributed by atoms with Gasteiger partial charge in [0.2, 0.25) is 0 Å². The molecule has 0 radical (unpaired) electrons. The maximum atomic E-state index is 10.1. The minimum Gasteiger partial charge on any atom is -0.506 e. The number of aromatic hydroxyl groups is 1. The molecule has 136 valence electrons. The molecule has 0 aliphatic carbocycles. The second kappa shape index (κ2) is 6.40. The van der Waals surface area contributed by atoms with E-state index in [2.05, 4.69) is 43.2 Å². The fourth-order valence-corrected chi connectivity index (χ4v) is 6.37. The van der Waals surface area contributed by atoms with Crippen molar-refractivity contribution in [2.24, 2.45) is 0 Å². The highest BCUT2D eigenvalue weighted by molar-refractivity contribution is 9.10. The number of aromatic nitrogens is 3. The predicted molar refractivity (Wildman–Crippen MR) is 109 cm³/mol. The molecule has 5 heterocycles. The summed E-state index contributed by atoms with van der Waals surface area (Å²) in [7, 11) is 2.15. The number of pyridine rings is 1. The summed E-state index contributed by atoms with van der Waals surface area (Å²) in [6, 6.07) is 3.51. The summed E-state index contributed by atoms with van der Waals surface area (Å²) in [5.41, 5.74) is 0.508. The van der Waals surface area contributed by atoms with Crippen LogP contribution >= 0.6 is 38.6 Å². The Morgan fingerprint density at radius 3 is 2.62 bits per heavy atom. The van der Waals surface area contributed by atoms with Crippen LogP contribution in [0.4, 0.5) is 5.13 Å². The Morgan fingerprint density at radius 2 is 1.92 bits per heavy atom. The summed E-state index contributed by atoms with van der Waals surface area (Å²) in [5.74, 6) is 0.128. The number of hydrogen-bond donors (Lipinski definition) is 2. The zero-order chi connectivity index (χ0) is 17.8. The van der Waals surface area contributed by atoms with E-state index in [4.69, 9.17) is 4.98 Å². The Kier molecular flexibility index (Phi) is 4.15. The quantitative estimate of drug-likeness (QED) is 0.626. The van der Waals surface area contributed by atoms with Crippen molar-refractivity contribution in [2.75, 3.05) is 11.9 Å². The van der Waals surface area contributed by atoms with Crippen LogP contribution in [-0.4, -0.2) is 45.2 Å². The molecule has 3 atom stereocenters. The van der Waals surface area contributed by atoms with Crippen LogP contribution in [0.2, 0.25) is 0 Å². The molecule has 9 heteroatoms. The molecule has 5 rings (SSSR count). The Morgan fingerprint density at radius 1 is 1.19 bits per heavy atom. The van der Waals surface area contributed by atoms with Gasteiger partial charge < -0.3 is 15.3 Å². The van der Waals surface area contributed by atoms with Crippen molar-refractivity contribution in [2.45, 2.75) is 43.8 Å². The van der Waals surface area contributed by atoms with Gasteiger partial charge in [-0.05, 0) is 47.7 Å². The van der Waals surface area contributed by atoms with E-state index in [0.29, 0.717) is 28.8 Å². The molecule has 2 bridgehead atoms. The zero-order valence-corrected chi connectivity index (χ0v) is 17.4. The lowest BCUT2D eigenvalue weighted by Gasteiger charge is -2.35. The summed E-state index contributed by atoms with van der Waals surface area (Å²) in [4.78, 5) is 17.9. The van der Waals surface area contributed by atoms with Gasteiger partial charge in [-0.25, -0.2) is 15.0 Å². The van der Waals surface area contributed by atoms with E-state index in [-0.39, 0.29) is 5.75 Å². The number of hydrogen-bond acceptors (Lipinski definition) is 8. The van der Waals surface area contributed by atoms with E-state index in [0.717, 1.165) is 19.3 Å². The number of anilines is 1. The maximum absolute atomic E-state index is 10.1. The Balaban J connectivity index is 1.41. The molecule has 3 aromatic rings. The van der Waals surface area contributed by atoms with Crippen molar-refractivity contribution in [3.63, 3.8) is 0 Å². The van der Waals surface area contributed by atoms with Gasteiger partial charge in [-0.2, -0.15) is 0 Å². The first-order chi connectivity index (χ1) is 12.6. The topological polar surface area (TPSA) is 74.2 Å². The number of rotatable bonds is 3. The first-order valence-corrected chi connectivity index (χ1v) is 11.1. The largest absolute Gasteiger partial charge is 0.506 e. The highest BCUT2D eigenvalue weighted by atomic mass is 79.9. The number of nitrogens with one attached hydrogen (secondary N) is 1. The maximum Gasteiger partial charge on any atom is 0.188 e. The first kappa shape index (κ1) is 16.9. The molecule has 0 saturated carbocycles. The summed E-state index contributed by atoms with van der Waals surface area (Å²) >= 11 is 6.41. The van der Waals surface area contributed by atoms with E-state index in [9.17, 15) is 5.11 Å². The molecule has 2 N–H and O–H groups in total. The molecule has 2 aliphatic heterocycles. The number of fused-ring (bicyclic) bond motifs is 3. The van der Waals surface area contributed by atoms with Gasteiger partial charge in [-0.3, -0.25) is 0 Å². The standard InChI is InChI=1S/C17H18BrN5OS2/c1-23(11-5-9-2-3-10(6-11)20-9)17-22-16-15(26-17)21-14(25-16)13-12(24)4-8(18)7-19-13/h4,7,9-11,20,24H,2-3,5-6H2,1H3/t9-,10+,11-. The second-order valence-corrected chi connectivity index (χ2v) is 9.87. The lowest BCUT2D eigenvalue weighted by molar-refractivity contribution is 0.354. The molecule has 2 saturated heterocycles. The van der Waals surface area contributed by atoms with Crippen LogP contribution in [0.1, 0.15) is 25.7 Å². The average molecular weight is 452 g/mol. The normalized spacial score (nSPS) is 25.1. The Labute approximate surface area is 167 Å². The Bertz CT molecular complexity index is 930. The summed E-state index contributed by atoms with van der Waals surface area (Å²) < 4.78 is 0.745. The molecular weight excluding hydrogens is 434 g/mol. The smallest absolute Gasteiger partial charge is 0.188 e. The monoisotopic (exact) mass is 451 g/mol. The van der Waals surface area contributed by atoms with E-state index >= 15 is 0 Å². The summed E-state index contributed by atoms with van der Waals surface area (Å²) in [6.45, 7) is 0. The van der Waals surface area contributed by atoms with Gasteiger partial charge >= 0.3 is 0 Å². The number of halogens is 1. The van der Waals surface area contributed by atoms with Gasteiger partial charge in [0.05, 0.1) is 0 Å². The van der Waals surface area contributed by atoms with Gasteiger partial charge in [0.15, 0.2) is 14.8 Å². The van der Waals surface area contributed by atoms with Crippen LogP contribution in [0.3, 0.4) is 0 Å². The minimum atomic E-state index is 0.128. The van der Waals surface area contributed by atoms with Gasteiger partial charge in [0, 0.05) is 35.8 Å². The van der Waals surface area contributed by atoms with E-state index < -0.39 is 0 Å². The van der Waals surface area contributed by atoms with Crippen molar-refractivity contribution in [1.29, 1.82) is 0 Å². The van der Waals surface area contributed by atoms with Crippen molar-refractivity contribution in [3.8, 4) is 16.5 Å². The predicted octanol–water partition coefficient (Wildman–Crippen LogP) is 4.00. The fraction of sp³-hybridized carbons (Fsp3) is 0.471. The van der Waals surface area contributed by atoms with Crippen molar-refractivity contribution >= 4 is 53.4 Å². The number of nitrogens with zero attached hydrogens (tertiary/aromatic N) is 4. The molecular formula is C17H18BrN5OS2. The highest BCUT2D eigenvalue weighted by Gasteiger charge is 2.36. The van der Waals surface area contributed by atoms with Gasteiger partial charge in [0.25, 0.3) is 0 Å². The fourth-order valence-electron chi connectivity index (χ4n) is 3.98. The molecule has 3 aromatic heterocycles. The third-order valence-corrected chi connectivity index (χ3v) is 7.86. The van der Waals surface area contributed by atoms with E-state index in [1.807, 2.05) is 0 Å². The number of thiazole rings is 2. The molecule has 2 fully saturated rings. The third kappa shape index (κ3) is 2.90. The molecule has 0 amide bonds. The Hall–Kier alpha value is -1.29. The van der Waals surface area contributed by atoms with Crippen LogP contribution in [0, 0.1) is 0 Å². The summed E-state index contributed by atoms with van der Waals surface area (Å²) in [5, 5.41) is 15.6. The highest BCUT2D eigenvalue weighted by Crippen LogP contribution is 2.40. The van der Waals surface area contributed by atoms with Crippen LogP contribution in [0.25, 0.3) is 20.4 Å². The van der Waals surface area contributed by atoms with Crippen LogP contribution in [-0.2, 0) is 0 Å². The van der Waals surface area contributed by atoms with Crippen LogP contribution < -0.4 is 10.2 Å². The molecule has 26 heavy (non-hydrogen) atoms. The van der Waals surface area contributed by atoms with Crippen molar-refractivity contribution in [1.82, 2.24) is 20.3 Å². The summed E-state index contributed by atoms with van der Waals surface area (Å²) in [6.07, 6.45) is 6.65. The lowest BCUT2D eigenvalue weighted by Crippen LogP contribution is -2.47. The second-order valence-electron chi connectivity index (χ2n) is 7.02. The average Bonchev–Trinajstić information content (AvgIpc) is 3.27. The lowest BCUT2D eigenvalue weighted by atomic mass is 9.99. The number of piperidine rings is 1.